The zero-order chi connectivity index (χ0) is 20.3. The lowest BCUT2D eigenvalue weighted by Crippen LogP contribution is -2.40. The lowest BCUT2D eigenvalue weighted by Gasteiger charge is -2.31. The van der Waals surface area contributed by atoms with Crippen molar-refractivity contribution in [2.24, 2.45) is 5.92 Å². The number of benzene rings is 2. The van der Waals surface area contributed by atoms with Gasteiger partial charge in [0.25, 0.3) is 0 Å². The van der Waals surface area contributed by atoms with Crippen LogP contribution in [0.1, 0.15) is 25.6 Å². The van der Waals surface area contributed by atoms with Crippen LogP contribution in [0.5, 0.6) is 5.75 Å². The van der Waals surface area contributed by atoms with Crippen LogP contribution < -0.4 is 4.74 Å². The minimum absolute atomic E-state index is 0.171. The summed E-state index contributed by atoms with van der Waals surface area (Å²) >= 11 is 0. The molecule has 0 aliphatic carbocycles. The summed E-state index contributed by atoms with van der Waals surface area (Å²) in [5.74, 6) is 2.32. The molecule has 1 saturated heterocycles. The van der Waals surface area contributed by atoms with Gasteiger partial charge in [-0.05, 0) is 49.9 Å². The van der Waals surface area contributed by atoms with Crippen LogP contribution in [-0.2, 0) is 23.2 Å². The van der Waals surface area contributed by atoms with Gasteiger partial charge in [-0.1, -0.05) is 30.3 Å². The average Bonchev–Trinajstić information content (AvgIpc) is 3.11. The van der Waals surface area contributed by atoms with Gasteiger partial charge in [-0.15, -0.1) is 0 Å². The monoisotopic (exact) mass is 413 g/mol. The Labute approximate surface area is 172 Å². The molecule has 0 amide bonds. The van der Waals surface area contributed by atoms with Crippen molar-refractivity contribution in [3.8, 4) is 5.75 Å². The Morgan fingerprint density at radius 1 is 1.03 bits per heavy atom. The van der Waals surface area contributed by atoms with E-state index in [-0.39, 0.29) is 5.75 Å². The summed E-state index contributed by atoms with van der Waals surface area (Å²) < 4.78 is 34.1. The van der Waals surface area contributed by atoms with Gasteiger partial charge in [0.1, 0.15) is 18.2 Å². The molecule has 1 aromatic heterocycles. The Hall–Kier alpha value is -2.38. The fourth-order valence-corrected chi connectivity index (χ4v) is 5.05. The number of hydrogen-bond donors (Lipinski definition) is 0. The molecule has 154 valence electrons. The molecule has 0 N–H and O–H groups in total. The van der Waals surface area contributed by atoms with Crippen LogP contribution in [-0.4, -0.2) is 41.1 Å². The molecule has 0 radical (unpaired) electrons. The van der Waals surface area contributed by atoms with E-state index in [1.165, 1.54) is 0 Å². The third kappa shape index (κ3) is 4.46. The first-order chi connectivity index (χ1) is 14.1. The van der Waals surface area contributed by atoms with Crippen molar-refractivity contribution in [1.82, 2.24) is 13.9 Å². The topological polar surface area (TPSA) is 64.4 Å². The van der Waals surface area contributed by atoms with Crippen molar-refractivity contribution in [3.05, 3.63) is 60.4 Å². The third-order valence-electron chi connectivity index (χ3n) is 5.62. The Bertz CT molecular complexity index is 1060. The van der Waals surface area contributed by atoms with Crippen molar-refractivity contribution in [1.29, 1.82) is 0 Å². The number of rotatable bonds is 7. The first-order valence-electron chi connectivity index (χ1n) is 10.2. The maximum atomic E-state index is 12.1. The van der Waals surface area contributed by atoms with E-state index in [0.29, 0.717) is 25.6 Å². The smallest absolute Gasteiger partial charge is 0.213 e. The molecule has 0 atom stereocenters. The van der Waals surface area contributed by atoms with E-state index in [1.54, 1.807) is 11.2 Å². The average molecular weight is 414 g/mol. The summed E-state index contributed by atoms with van der Waals surface area (Å²) in [4.78, 5) is 4.79. The molecule has 2 heterocycles. The molecule has 7 heteroatoms. The molecule has 2 aromatic carbocycles. The summed E-state index contributed by atoms with van der Waals surface area (Å²) in [5.41, 5.74) is 2.06. The van der Waals surface area contributed by atoms with Crippen molar-refractivity contribution < 1.29 is 13.2 Å². The SMILES string of the molecule is CCS(=O)(=O)N1CCC(Cn2c(COc3ccccc3)nc3ccccc32)CC1. The predicted molar refractivity (Wildman–Crippen MR) is 114 cm³/mol. The standard InChI is InChI=1S/C22H27N3O3S/c1-2-29(26,27)24-14-12-18(13-15-24)16-25-21-11-7-6-10-20(21)23-22(25)17-28-19-8-4-3-5-9-19/h3-11,18H,2,12-17H2,1H3. The minimum atomic E-state index is -3.09. The lowest BCUT2D eigenvalue weighted by molar-refractivity contribution is 0.244. The van der Waals surface area contributed by atoms with Crippen LogP contribution in [0, 0.1) is 5.92 Å². The van der Waals surface area contributed by atoms with Gasteiger partial charge in [-0.25, -0.2) is 17.7 Å². The molecule has 3 aromatic rings. The third-order valence-corrected chi connectivity index (χ3v) is 7.50. The van der Waals surface area contributed by atoms with E-state index in [0.717, 1.165) is 42.0 Å². The molecule has 1 fully saturated rings. The predicted octanol–water partition coefficient (Wildman–Crippen LogP) is 3.68. The van der Waals surface area contributed by atoms with Crippen LogP contribution in [0.2, 0.25) is 0 Å². The zero-order valence-corrected chi connectivity index (χ0v) is 17.5. The summed E-state index contributed by atoms with van der Waals surface area (Å²) in [5, 5.41) is 0. The summed E-state index contributed by atoms with van der Waals surface area (Å²) in [6, 6.07) is 17.9. The van der Waals surface area contributed by atoms with Crippen LogP contribution in [0.15, 0.2) is 54.6 Å². The van der Waals surface area contributed by atoms with Gasteiger partial charge in [-0.2, -0.15) is 0 Å². The van der Waals surface area contributed by atoms with E-state index in [1.807, 2.05) is 48.5 Å². The lowest BCUT2D eigenvalue weighted by atomic mass is 9.98. The van der Waals surface area contributed by atoms with E-state index in [2.05, 4.69) is 10.6 Å². The highest BCUT2D eigenvalue weighted by Crippen LogP contribution is 2.25. The van der Waals surface area contributed by atoms with Crippen molar-refractivity contribution in [2.75, 3.05) is 18.8 Å². The highest BCUT2D eigenvalue weighted by molar-refractivity contribution is 7.89. The Morgan fingerprint density at radius 2 is 1.72 bits per heavy atom. The number of imidazole rings is 1. The maximum Gasteiger partial charge on any atom is 0.213 e. The number of fused-ring (bicyclic) bond motifs is 1. The van der Waals surface area contributed by atoms with E-state index in [4.69, 9.17) is 9.72 Å². The molecule has 0 saturated carbocycles. The summed E-state index contributed by atoms with van der Waals surface area (Å²) in [6.45, 7) is 4.14. The fourth-order valence-electron chi connectivity index (χ4n) is 3.91. The molecule has 6 nitrogen and oxygen atoms in total. The molecule has 1 aliphatic heterocycles. The van der Waals surface area contributed by atoms with E-state index < -0.39 is 10.0 Å². The Kier molecular flexibility index (Phi) is 5.87. The van der Waals surface area contributed by atoms with Crippen LogP contribution in [0.4, 0.5) is 0 Å². The van der Waals surface area contributed by atoms with Crippen LogP contribution in [0.25, 0.3) is 11.0 Å². The quantitative estimate of drug-likeness (QED) is 0.593. The first-order valence-corrected chi connectivity index (χ1v) is 11.8. The largest absolute Gasteiger partial charge is 0.486 e. The number of ether oxygens (including phenoxy) is 1. The van der Waals surface area contributed by atoms with E-state index in [9.17, 15) is 8.42 Å². The second-order valence-corrected chi connectivity index (χ2v) is 9.73. The minimum Gasteiger partial charge on any atom is -0.486 e. The highest BCUT2D eigenvalue weighted by atomic mass is 32.2. The molecule has 4 rings (SSSR count). The van der Waals surface area contributed by atoms with Gasteiger partial charge in [0, 0.05) is 19.6 Å². The molecule has 0 bridgehead atoms. The second kappa shape index (κ2) is 8.55. The van der Waals surface area contributed by atoms with Crippen molar-refractivity contribution >= 4 is 21.1 Å². The Balaban J connectivity index is 1.50. The number of piperidine rings is 1. The molecular formula is C22H27N3O3S. The second-order valence-electron chi connectivity index (χ2n) is 7.47. The van der Waals surface area contributed by atoms with Gasteiger partial charge in [0.2, 0.25) is 10.0 Å². The number of aromatic nitrogens is 2. The molecule has 0 unspecified atom stereocenters. The molecule has 0 spiro atoms. The molecule has 29 heavy (non-hydrogen) atoms. The van der Waals surface area contributed by atoms with Crippen molar-refractivity contribution in [2.45, 2.75) is 32.9 Å². The normalized spacial score (nSPS) is 16.3. The van der Waals surface area contributed by atoms with E-state index >= 15 is 0 Å². The molecular weight excluding hydrogens is 386 g/mol. The summed E-state index contributed by atoms with van der Waals surface area (Å²) in [6.07, 6.45) is 1.73. The number of para-hydroxylation sites is 3. The highest BCUT2D eigenvalue weighted by Gasteiger charge is 2.27. The van der Waals surface area contributed by atoms with Crippen molar-refractivity contribution in [3.63, 3.8) is 0 Å². The maximum absolute atomic E-state index is 12.1. The van der Waals surface area contributed by atoms with Gasteiger partial charge in [0.05, 0.1) is 16.8 Å². The van der Waals surface area contributed by atoms with Gasteiger partial charge in [0.15, 0.2) is 0 Å². The van der Waals surface area contributed by atoms with Crippen LogP contribution >= 0.6 is 0 Å². The summed E-state index contributed by atoms with van der Waals surface area (Å²) in [7, 11) is -3.09. The van der Waals surface area contributed by atoms with Gasteiger partial charge < -0.3 is 9.30 Å². The fraction of sp³-hybridized carbons (Fsp3) is 0.409. The number of hydrogen-bond acceptors (Lipinski definition) is 4. The number of nitrogens with zero attached hydrogens (tertiary/aromatic N) is 3. The molecule has 1 aliphatic rings. The first kappa shape index (κ1) is 19.9. The van der Waals surface area contributed by atoms with Gasteiger partial charge in [-0.3, -0.25) is 0 Å². The van der Waals surface area contributed by atoms with Crippen LogP contribution in [0.3, 0.4) is 0 Å². The zero-order valence-electron chi connectivity index (χ0n) is 16.7. The Morgan fingerprint density at radius 3 is 2.45 bits per heavy atom. The number of sulfonamides is 1. The van der Waals surface area contributed by atoms with Gasteiger partial charge >= 0.3 is 0 Å².